The number of ether oxygens (including phenoxy) is 2. The van der Waals surface area contributed by atoms with Crippen molar-refractivity contribution >= 4 is 17.4 Å². The molecule has 4 rings (SSSR count). The van der Waals surface area contributed by atoms with Crippen molar-refractivity contribution < 1.29 is 28.6 Å². The largest absolute Gasteiger partial charge is 0.507 e. The zero-order chi connectivity index (χ0) is 20.4. The Morgan fingerprint density at radius 1 is 1.24 bits per heavy atom. The molecule has 1 N–H and O–H groups in total. The van der Waals surface area contributed by atoms with Crippen LogP contribution in [0.15, 0.2) is 52.7 Å². The van der Waals surface area contributed by atoms with Crippen molar-refractivity contribution in [3.8, 4) is 5.75 Å². The van der Waals surface area contributed by atoms with Gasteiger partial charge in [-0.1, -0.05) is 0 Å². The van der Waals surface area contributed by atoms with Gasteiger partial charge >= 0.3 is 0 Å². The minimum absolute atomic E-state index is 0.0205. The molecule has 0 radical (unpaired) electrons. The smallest absolute Gasteiger partial charge is 0.295 e. The van der Waals surface area contributed by atoms with Gasteiger partial charge < -0.3 is 23.9 Å². The number of furan rings is 1. The summed E-state index contributed by atoms with van der Waals surface area (Å²) in [6.07, 6.45) is 3.10. The van der Waals surface area contributed by atoms with Crippen LogP contribution in [0.5, 0.6) is 5.75 Å². The Bertz CT molecular complexity index is 909. The minimum atomic E-state index is -0.791. The van der Waals surface area contributed by atoms with Gasteiger partial charge in [0.25, 0.3) is 11.7 Å². The van der Waals surface area contributed by atoms with Crippen LogP contribution in [0.4, 0.5) is 0 Å². The first-order chi connectivity index (χ1) is 14.1. The third kappa shape index (κ3) is 3.65. The number of benzene rings is 1. The van der Waals surface area contributed by atoms with E-state index in [2.05, 4.69) is 0 Å². The first-order valence-electron chi connectivity index (χ1n) is 9.76. The van der Waals surface area contributed by atoms with Crippen molar-refractivity contribution in [2.45, 2.75) is 31.9 Å². The summed E-state index contributed by atoms with van der Waals surface area (Å²) in [5, 5.41) is 10.9. The molecule has 1 aromatic carbocycles. The molecule has 2 aliphatic rings. The summed E-state index contributed by atoms with van der Waals surface area (Å²) in [5.74, 6) is -0.534. The van der Waals surface area contributed by atoms with Crippen molar-refractivity contribution in [2.24, 2.45) is 0 Å². The van der Waals surface area contributed by atoms with Gasteiger partial charge in [0.1, 0.15) is 23.3 Å². The number of hydrogen-bond donors (Lipinski definition) is 1. The summed E-state index contributed by atoms with van der Waals surface area (Å²) in [6.45, 7) is 3.33. The van der Waals surface area contributed by atoms with Crippen LogP contribution >= 0.6 is 0 Å². The van der Waals surface area contributed by atoms with E-state index in [9.17, 15) is 14.7 Å². The van der Waals surface area contributed by atoms with Crippen molar-refractivity contribution in [2.75, 3.05) is 19.8 Å². The third-order valence-corrected chi connectivity index (χ3v) is 5.22. The van der Waals surface area contributed by atoms with Gasteiger partial charge in [-0.25, -0.2) is 0 Å². The lowest BCUT2D eigenvalue weighted by molar-refractivity contribution is -0.141. The first-order valence-corrected chi connectivity index (χ1v) is 9.76. The molecular weight excluding hydrogens is 374 g/mol. The van der Waals surface area contributed by atoms with E-state index in [0.29, 0.717) is 30.3 Å². The van der Waals surface area contributed by atoms with E-state index >= 15 is 0 Å². The number of nitrogens with zero attached hydrogens (tertiary/aromatic N) is 1. The van der Waals surface area contributed by atoms with Crippen LogP contribution in [0, 0.1) is 0 Å². The molecule has 2 aliphatic heterocycles. The monoisotopic (exact) mass is 397 g/mol. The predicted octanol–water partition coefficient (Wildman–Crippen LogP) is 3.28. The average Bonchev–Trinajstić information content (AvgIpc) is 3.47. The van der Waals surface area contributed by atoms with Crippen LogP contribution in [0.2, 0.25) is 0 Å². The predicted molar refractivity (Wildman–Crippen MR) is 104 cm³/mol. The van der Waals surface area contributed by atoms with Crippen LogP contribution < -0.4 is 4.74 Å². The van der Waals surface area contributed by atoms with Crippen molar-refractivity contribution in [1.29, 1.82) is 0 Å². The Kier molecular flexibility index (Phi) is 5.40. The van der Waals surface area contributed by atoms with Crippen molar-refractivity contribution in [1.82, 2.24) is 4.90 Å². The van der Waals surface area contributed by atoms with Gasteiger partial charge in [0, 0.05) is 18.7 Å². The van der Waals surface area contributed by atoms with Gasteiger partial charge in [0.05, 0.1) is 24.5 Å². The maximum Gasteiger partial charge on any atom is 0.295 e. The van der Waals surface area contributed by atoms with Gasteiger partial charge in [-0.05, 0) is 56.2 Å². The topological polar surface area (TPSA) is 89.2 Å². The second-order valence-electron chi connectivity index (χ2n) is 7.06. The highest BCUT2D eigenvalue weighted by atomic mass is 16.5. The van der Waals surface area contributed by atoms with E-state index in [4.69, 9.17) is 13.9 Å². The fraction of sp³-hybridized carbons (Fsp3) is 0.364. The van der Waals surface area contributed by atoms with E-state index < -0.39 is 17.7 Å². The first kappa shape index (κ1) is 19.3. The summed E-state index contributed by atoms with van der Waals surface area (Å²) < 4.78 is 16.6. The molecule has 7 heteroatoms. The van der Waals surface area contributed by atoms with Gasteiger partial charge in [-0.3, -0.25) is 9.59 Å². The van der Waals surface area contributed by atoms with Crippen LogP contribution in [-0.2, 0) is 14.3 Å². The lowest BCUT2D eigenvalue weighted by atomic mass is 9.99. The highest BCUT2D eigenvalue weighted by Gasteiger charge is 2.48. The lowest BCUT2D eigenvalue weighted by Crippen LogP contribution is -2.36. The highest BCUT2D eigenvalue weighted by molar-refractivity contribution is 6.46. The minimum Gasteiger partial charge on any atom is -0.507 e. The SMILES string of the molecule is CCOc1ccc(C(O)=C2C(=O)C(=O)N(C[C@@H]3CCCO3)[C@H]2c2ccco2)cc1. The highest BCUT2D eigenvalue weighted by Crippen LogP contribution is 2.40. The van der Waals surface area contributed by atoms with Crippen LogP contribution in [-0.4, -0.2) is 47.6 Å². The van der Waals surface area contributed by atoms with Gasteiger partial charge in [0.15, 0.2) is 0 Å². The molecule has 2 fully saturated rings. The molecule has 7 nitrogen and oxygen atoms in total. The Hall–Kier alpha value is -3.06. The molecule has 3 heterocycles. The number of carbonyl (C=O) groups is 2. The maximum atomic E-state index is 12.9. The fourth-order valence-corrected chi connectivity index (χ4v) is 3.85. The Morgan fingerprint density at radius 3 is 2.66 bits per heavy atom. The summed E-state index contributed by atoms with van der Waals surface area (Å²) in [7, 11) is 0. The molecule has 2 aromatic rings. The van der Waals surface area contributed by atoms with Crippen LogP contribution in [0.1, 0.15) is 37.1 Å². The molecule has 0 spiro atoms. The molecule has 2 saturated heterocycles. The number of aliphatic hydroxyl groups is 1. The van der Waals surface area contributed by atoms with Gasteiger partial charge in [-0.15, -0.1) is 0 Å². The number of Topliss-reactive ketones (excluding diaryl/α,β-unsaturated/α-hetero) is 1. The Labute approximate surface area is 168 Å². The van der Waals surface area contributed by atoms with E-state index in [-0.39, 0.29) is 24.0 Å². The second-order valence-corrected chi connectivity index (χ2v) is 7.06. The number of aliphatic hydroxyl groups excluding tert-OH is 1. The van der Waals surface area contributed by atoms with E-state index in [1.165, 1.54) is 11.2 Å². The molecule has 152 valence electrons. The Balaban J connectivity index is 1.74. The van der Waals surface area contributed by atoms with Gasteiger partial charge in [0.2, 0.25) is 0 Å². The molecule has 2 atom stereocenters. The van der Waals surface area contributed by atoms with Crippen LogP contribution in [0.25, 0.3) is 5.76 Å². The molecule has 1 amide bonds. The molecule has 0 saturated carbocycles. The van der Waals surface area contributed by atoms with E-state index in [1.54, 1.807) is 36.4 Å². The summed E-state index contributed by atoms with van der Waals surface area (Å²) >= 11 is 0. The molecular formula is C22H23NO6. The molecule has 29 heavy (non-hydrogen) atoms. The number of ketones is 1. The number of carbonyl (C=O) groups excluding carboxylic acids is 2. The van der Waals surface area contributed by atoms with Crippen LogP contribution in [0.3, 0.4) is 0 Å². The quantitative estimate of drug-likeness (QED) is 0.457. The van der Waals surface area contributed by atoms with E-state index in [0.717, 1.165) is 12.8 Å². The van der Waals surface area contributed by atoms with Gasteiger partial charge in [-0.2, -0.15) is 0 Å². The fourth-order valence-electron chi connectivity index (χ4n) is 3.85. The van der Waals surface area contributed by atoms with Crippen molar-refractivity contribution in [3.05, 3.63) is 59.6 Å². The standard InChI is InChI=1S/C22H23NO6/c1-2-27-15-9-7-14(8-10-15)20(24)18-19(17-6-4-12-29-17)23(22(26)21(18)25)13-16-5-3-11-28-16/h4,6-10,12,16,19,24H,2-3,5,11,13H2,1H3/t16-,19-/m0/s1. The average molecular weight is 397 g/mol. The number of rotatable bonds is 6. The Morgan fingerprint density at radius 2 is 2.03 bits per heavy atom. The number of hydrogen-bond acceptors (Lipinski definition) is 6. The zero-order valence-electron chi connectivity index (χ0n) is 16.2. The summed E-state index contributed by atoms with van der Waals surface area (Å²) in [6, 6.07) is 9.34. The molecule has 0 bridgehead atoms. The normalized spacial score (nSPS) is 23.7. The third-order valence-electron chi connectivity index (χ3n) is 5.22. The van der Waals surface area contributed by atoms with Crippen molar-refractivity contribution in [3.63, 3.8) is 0 Å². The maximum absolute atomic E-state index is 12.9. The molecule has 1 aromatic heterocycles. The summed E-state index contributed by atoms with van der Waals surface area (Å²) in [5.41, 5.74) is 0.451. The lowest BCUT2D eigenvalue weighted by Gasteiger charge is -2.25. The molecule has 0 aliphatic carbocycles. The summed E-state index contributed by atoms with van der Waals surface area (Å²) in [4.78, 5) is 27.1. The zero-order valence-corrected chi connectivity index (χ0v) is 16.2. The molecule has 0 unspecified atom stereocenters. The second kappa shape index (κ2) is 8.13. The number of amides is 1. The van der Waals surface area contributed by atoms with E-state index in [1.807, 2.05) is 6.92 Å². The number of likely N-dealkylation sites (tertiary alicyclic amines) is 1.